The minimum absolute atomic E-state index is 0.0257. The van der Waals surface area contributed by atoms with E-state index in [1.54, 1.807) is 12.3 Å². The zero-order chi connectivity index (χ0) is 14.6. The molecule has 1 aromatic heterocycles. The number of rotatable bonds is 4. The first-order valence-corrected chi connectivity index (χ1v) is 7.38. The van der Waals surface area contributed by atoms with E-state index < -0.39 is 0 Å². The van der Waals surface area contributed by atoms with Gasteiger partial charge in [0.1, 0.15) is 10.8 Å². The molecule has 0 atom stereocenters. The van der Waals surface area contributed by atoms with Crippen LogP contribution in [0, 0.1) is 5.82 Å². The molecule has 0 amide bonds. The van der Waals surface area contributed by atoms with Crippen molar-refractivity contribution in [1.82, 2.24) is 10.3 Å². The molecule has 0 saturated carbocycles. The first-order valence-electron chi connectivity index (χ1n) is 6.56. The molecular weight excluding hydrogens is 271 g/mol. The summed E-state index contributed by atoms with van der Waals surface area (Å²) in [4.78, 5) is 4.79. The Hall–Kier alpha value is -1.39. The van der Waals surface area contributed by atoms with Gasteiger partial charge in [-0.3, -0.25) is 0 Å². The fourth-order valence-electron chi connectivity index (χ4n) is 1.62. The third-order valence-electron chi connectivity index (χ3n) is 2.67. The Bertz CT molecular complexity index is 564. The Kier molecular flexibility index (Phi) is 4.78. The van der Waals surface area contributed by atoms with Gasteiger partial charge in [-0.2, -0.15) is 0 Å². The van der Waals surface area contributed by atoms with Gasteiger partial charge in [0.25, 0.3) is 0 Å². The van der Waals surface area contributed by atoms with E-state index in [1.165, 1.54) is 11.8 Å². The minimum Gasteiger partial charge on any atom is -0.308 e. The maximum absolute atomic E-state index is 14.1. The smallest absolute Gasteiger partial charge is 0.137 e. The number of nitrogens with one attached hydrogen (secondary N) is 1. The number of aromatic nitrogens is 1. The summed E-state index contributed by atoms with van der Waals surface area (Å²) in [6.45, 7) is 6.94. The van der Waals surface area contributed by atoms with Gasteiger partial charge in [-0.1, -0.05) is 23.9 Å². The molecule has 0 fully saturated rings. The molecule has 1 aromatic carbocycles. The second-order valence-corrected chi connectivity index (χ2v) is 6.70. The van der Waals surface area contributed by atoms with Crippen LogP contribution in [0.4, 0.5) is 4.39 Å². The summed E-state index contributed by atoms with van der Waals surface area (Å²) in [6.07, 6.45) is 1.71. The van der Waals surface area contributed by atoms with Crippen molar-refractivity contribution in [1.29, 1.82) is 0 Å². The Balaban J connectivity index is 2.06. The lowest BCUT2D eigenvalue weighted by Gasteiger charge is -2.20. The van der Waals surface area contributed by atoms with Crippen LogP contribution in [0.25, 0.3) is 0 Å². The molecule has 0 saturated heterocycles. The highest BCUT2D eigenvalue weighted by atomic mass is 32.2. The number of hydrogen-bond donors (Lipinski definition) is 1. The van der Waals surface area contributed by atoms with Crippen LogP contribution in [0.5, 0.6) is 0 Å². The third kappa shape index (κ3) is 4.62. The highest BCUT2D eigenvalue weighted by Crippen LogP contribution is 2.28. The quantitative estimate of drug-likeness (QED) is 0.910. The lowest BCUT2D eigenvalue weighted by molar-refractivity contribution is 0.423. The van der Waals surface area contributed by atoms with Gasteiger partial charge in [0.2, 0.25) is 0 Å². The maximum Gasteiger partial charge on any atom is 0.137 e. The Morgan fingerprint density at radius 2 is 2.00 bits per heavy atom. The Labute approximate surface area is 123 Å². The van der Waals surface area contributed by atoms with Gasteiger partial charge in [0.15, 0.2) is 0 Å². The number of benzene rings is 1. The molecule has 2 rings (SSSR count). The fourth-order valence-corrected chi connectivity index (χ4v) is 2.40. The molecule has 2 aromatic rings. The van der Waals surface area contributed by atoms with Crippen molar-refractivity contribution < 1.29 is 4.39 Å². The van der Waals surface area contributed by atoms with Gasteiger partial charge in [-0.15, -0.1) is 0 Å². The Morgan fingerprint density at radius 3 is 2.60 bits per heavy atom. The molecule has 1 N–H and O–H groups in total. The second-order valence-electron chi connectivity index (χ2n) is 5.64. The number of nitrogens with zero attached hydrogens (tertiary/aromatic N) is 1. The van der Waals surface area contributed by atoms with Crippen LogP contribution in [-0.2, 0) is 6.54 Å². The summed E-state index contributed by atoms with van der Waals surface area (Å²) >= 11 is 1.34. The van der Waals surface area contributed by atoms with E-state index >= 15 is 0 Å². The van der Waals surface area contributed by atoms with E-state index in [0.29, 0.717) is 11.4 Å². The monoisotopic (exact) mass is 290 g/mol. The highest BCUT2D eigenvalue weighted by molar-refractivity contribution is 7.99. The SMILES string of the molecule is CC(C)(C)NCc1ccc(Sc2ccccn2)c(F)c1. The number of hydrogen-bond acceptors (Lipinski definition) is 3. The summed E-state index contributed by atoms with van der Waals surface area (Å²) in [5.41, 5.74) is 0.973. The van der Waals surface area contributed by atoms with Crippen LogP contribution < -0.4 is 5.32 Å². The topological polar surface area (TPSA) is 24.9 Å². The predicted molar refractivity (Wildman–Crippen MR) is 81.4 cm³/mol. The van der Waals surface area contributed by atoms with Crippen LogP contribution >= 0.6 is 11.8 Å². The van der Waals surface area contributed by atoms with Crippen LogP contribution in [0.1, 0.15) is 26.3 Å². The van der Waals surface area contributed by atoms with Gasteiger partial charge in [-0.05, 0) is 50.6 Å². The van der Waals surface area contributed by atoms with Crippen molar-refractivity contribution in [3.8, 4) is 0 Å². The fraction of sp³-hybridized carbons (Fsp3) is 0.312. The van der Waals surface area contributed by atoms with Gasteiger partial charge in [-0.25, -0.2) is 9.37 Å². The van der Waals surface area contributed by atoms with E-state index in [9.17, 15) is 4.39 Å². The molecule has 0 aliphatic carbocycles. The van der Waals surface area contributed by atoms with E-state index in [1.807, 2.05) is 30.3 Å². The highest BCUT2D eigenvalue weighted by Gasteiger charge is 2.10. The molecule has 20 heavy (non-hydrogen) atoms. The summed E-state index contributed by atoms with van der Waals surface area (Å²) in [5.74, 6) is -0.200. The summed E-state index contributed by atoms with van der Waals surface area (Å²) < 4.78 is 14.1. The van der Waals surface area contributed by atoms with Gasteiger partial charge >= 0.3 is 0 Å². The molecule has 0 bridgehead atoms. The molecule has 0 unspecified atom stereocenters. The minimum atomic E-state index is -0.200. The lowest BCUT2D eigenvalue weighted by Crippen LogP contribution is -2.35. The normalized spacial score (nSPS) is 11.6. The molecular formula is C16H19FN2S. The van der Waals surface area contributed by atoms with Crippen molar-refractivity contribution in [3.05, 3.63) is 54.0 Å². The van der Waals surface area contributed by atoms with E-state index in [-0.39, 0.29) is 11.4 Å². The van der Waals surface area contributed by atoms with Crippen LogP contribution in [-0.4, -0.2) is 10.5 Å². The molecule has 0 aliphatic rings. The molecule has 4 heteroatoms. The summed E-state index contributed by atoms with van der Waals surface area (Å²) in [6, 6.07) is 11.0. The molecule has 0 radical (unpaired) electrons. The van der Waals surface area contributed by atoms with E-state index in [0.717, 1.165) is 10.6 Å². The summed E-state index contributed by atoms with van der Waals surface area (Å²) in [7, 11) is 0. The molecule has 2 nitrogen and oxygen atoms in total. The van der Waals surface area contributed by atoms with Gasteiger partial charge in [0.05, 0.1) is 0 Å². The van der Waals surface area contributed by atoms with Crippen LogP contribution in [0.3, 0.4) is 0 Å². The standard InChI is InChI=1S/C16H19FN2S/c1-16(2,3)19-11-12-7-8-14(13(17)10-12)20-15-6-4-5-9-18-15/h4-10,19H,11H2,1-3H3. The third-order valence-corrected chi connectivity index (χ3v) is 3.67. The molecule has 0 spiro atoms. The molecule has 1 heterocycles. The number of halogens is 1. The first-order chi connectivity index (χ1) is 9.44. The summed E-state index contributed by atoms with van der Waals surface area (Å²) in [5, 5.41) is 4.15. The van der Waals surface area contributed by atoms with E-state index in [2.05, 4.69) is 31.1 Å². The number of pyridine rings is 1. The largest absolute Gasteiger partial charge is 0.308 e. The first kappa shape index (κ1) is 15.0. The predicted octanol–water partition coefficient (Wildman–Crippen LogP) is 4.26. The van der Waals surface area contributed by atoms with Gasteiger partial charge in [0, 0.05) is 23.2 Å². The van der Waals surface area contributed by atoms with Gasteiger partial charge < -0.3 is 5.32 Å². The van der Waals surface area contributed by atoms with Crippen molar-refractivity contribution in [2.24, 2.45) is 0 Å². The lowest BCUT2D eigenvalue weighted by atomic mass is 10.1. The van der Waals surface area contributed by atoms with Crippen molar-refractivity contribution in [2.45, 2.75) is 42.8 Å². The zero-order valence-corrected chi connectivity index (χ0v) is 12.8. The average Bonchev–Trinajstić information content (AvgIpc) is 2.40. The average molecular weight is 290 g/mol. The second kappa shape index (κ2) is 6.37. The van der Waals surface area contributed by atoms with E-state index in [4.69, 9.17) is 0 Å². The Morgan fingerprint density at radius 1 is 1.20 bits per heavy atom. The maximum atomic E-state index is 14.1. The molecule has 0 aliphatic heterocycles. The van der Waals surface area contributed by atoms with Crippen LogP contribution in [0.2, 0.25) is 0 Å². The van der Waals surface area contributed by atoms with Crippen LogP contribution in [0.15, 0.2) is 52.5 Å². The van der Waals surface area contributed by atoms with Crippen molar-refractivity contribution >= 4 is 11.8 Å². The molecule has 106 valence electrons. The van der Waals surface area contributed by atoms with Crippen molar-refractivity contribution in [2.75, 3.05) is 0 Å². The zero-order valence-electron chi connectivity index (χ0n) is 12.0. The van der Waals surface area contributed by atoms with Crippen molar-refractivity contribution in [3.63, 3.8) is 0 Å².